The molecule has 26 heavy (non-hydrogen) atoms. The normalized spacial score (nSPS) is 13.5. The van der Waals surface area contributed by atoms with E-state index in [2.05, 4.69) is 10.1 Å². The van der Waals surface area contributed by atoms with Crippen LogP contribution in [-0.2, 0) is 24.3 Å². The van der Waals surface area contributed by atoms with E-state index in [0.29, 0.717) is 25.5 Å². The molecule has 3 heterocycles. The first-order valence-corrected chi connectivity index (χ1v) is 8.55. The fraction of sp³-hybridized carbons (Fsp3) is 0.263. The molecule has 0 N–H and O–H groups in total. The second-order valence-electron chi connectivity index (χ2n) is 6.41. The molecule has 0 saturated carbocycles. The number of nitrogens with zero attached hydrogens (tertiary/aromatic N) is 5. The van der Waals surface area contributed by atoms with Gasteiger partial charge >= 0.3 is 5.69 Å². The predicted molar refractivity (Wildman–Crippen MR) is 95.9 cm³/mol. The number of carbonyl (C=O) groups excluding carboxylic acids is 1. The lowest BCUT2D eigenvalue weighted by Gasteiger charge is -2.26. The highest BCUT2D eigenvalue weighted by Gasteiger charge is 2.25. The van der Waals surface area contributed by atoms with Crippen molar-refractivity contribution in [2.24, 2.45) is 0 Å². The van der Waals surface area contributed by atoms with Gasteiger partial charge in [0.25, 0.3) is 0 Å². The van der Waals surface area contributed by atoms with Crippen LogP contribution in [0.2, 0.25) is 0 Å². The molecular weight excluding hydrogens is 330 g/mol. The monoisotopic (exact) mass is 349 g/mol. The Bertz CT molecular complexity index is 989. The van der Waals surface area contributed by atoms with E-state index >= 15 is 0 Å². The van der Waals surface area contributed by atoms with Crippen molar-refractivity contribution in [1.29, 1.82) is 0 Å². The lowest BCUT2D eigenvalue weighted by molar-refractivity contribution is -0.132. The number of aromatic nitrogens is 4. The molecule has 132 valence electrons. The van der Waals surface area contributed by atoms with Crippen molar-refractivity contribution in [2.75, 3.05) is 6.54 Å². The van der Waals surface area contributed by atoms with Crippen molar-refractivity contribution in [1.82, 2.24) is 24.2 Å². The Morgan fingerprint density at radius 1 is 1.12 bits per heavy atom. The summed E-state index contributed by atoms with van der Waals surface area (Å²) >= 11 is 0. The first kappa shape index (κ1) is 16.3. The number of benzene rings is 1. The second kappa shape index (κ2) is 6.59. The lowest BCUT2D eigenvalue weighted by Crippen LogP contribution is -2.41. The Kier molecular flexibility index (Phi) is 4.12. The molecule has 1 amide bonds. The summed E-state index contributed by atoms with van der Waals surface area (Å²) in [6, 6.07) is 13.2. The molecular formula is C19H19N5O2. The van der Waals surface area contributed by atoms with E-state index in [4.69, 9.17) is 0 Å². The molecule has 2 aromatic heterocycles. The first-order valence-electron chi connectivity index (χ1n) is 8.55. The van der Waals surface area contributed by atoms with Gasteiger partial charge in [-0.2, -0.15) is 4.68 Å². The minimum absolute atomic E-state index is 0.00714. The van der Waals surface area contributed by atoms with Crippen LogP contribution in [0.5, 0.6) is 0 Å². The summed E-state index contributed by atoms with van der Waals surface area (Å²) in [6.07, 6.45) is 1.93. The van der Waals surface area contributed by atoms with Crippen LogP contribution >= 0.6 is 0 Å². The van der Waals surface area contributed by atoms with Gasteiger partial charge in [0.2, 0.25) is 5.91 Å². The third kappa shape index (κ3) is 3.03. The highest BCUT2D eigenvalue weighted by molar-refractivity contribution is 5.78. The van der Waals surface area contributed by atoms with Gasteiger partial charge in [0.15, 0.2) is 5.82 Å². The van der Waals surface area contributed by atoms with Gasteiger partial charge in [-0.3, -0.25) is 14.3 Å². The molecule has 0 fully saturated rings. The molecule has 1 aliphatic heterocycles. The lowest BCUT2D eigenvalue weighted by atomic mass is 10.2. The van der Waals surface area contributed by atoms with Crippen LogP contribution in [0.4, 0.5) is 0 Å². The van der Waals surface area contributed by atoms with Crippen LogP contribution < -0.4 is 5.69 Å². The van der Waals surface area contributed by atoms with Crippen molar-refractivity contribution < 1.29 is 4.79 Å². The summed E-state index contributed by atoms with van der Waals surface area (Å²) in [4.78, 5) is 31.1. The Morgan fingerprint density at radius 3 is 2.65 bits per heavy atom. The quantitative estimate of drug-likeness (QED) is 0.715. The molecule has 0 radical (unpaired) electrons. The number of carbonyl (C=O) groups is 1. The highest BCUT2D eigenvalue weighted by atomic mass is 16.2. The maximum atomic E-state index is 12.6. The number of hydrogen-bond acceptors (Lipinski definition) is 4. The first-order chi connectivity index (χ1) is 12.6. The minimum Gasteiger partial charge on any atom is -0.333 e. The topological polar surface area (TPSA) is 73.0 Å². The maximum Gasteiger partial charge on any atom is 0.350 e. The van der Waals surface area contributed by atoms with E-state index in [0.717, 1.165) is 16.9 Å². The van der Waals surface area contributed by atoms with Gasteiger partial charge in [0.05, 0.1) is 18.7 Å². The molecule has 4 rings (SSSR count). The van der Waals surface area contributed by atoms with Crippen molar-refractivity contribution in [3.8, 4) is 5.69 Å². The summed E-state index contributed by atoms with van der Waals surface area (Å²) in [5.74, 6) is 0.600. The van der Waals surface area contributed by atoms with Gasteiger partial charge in [-0.05, 0) is 31.2 Å². The van der Waals surface area contributed by atoms with Gasteiger partial charge in [0.1, 0.15) is 0 Å². The molecule has 1 aliphatic rings. The zero-order chi connectivity index (χ0) is 18.1. The van der Waals surface area contributed by atoms with Crippen molar-refractivity contribution >= 4 is 5.91 Å². The maximum absolute atomic E-state index is 12.6. The van der Waals surface area contributed by atoms with Gasteiger partial charge < -0.3 is 4.90 Å². The molecule has 0 atom stereocenters. The molecule has 0 bridgehead atoms. The summed E-state index contributed by atoms with van der Waals surface area (Å²) in [5, 5.41) is 4.45. The van der Waals surface area contributed by atoms with Crippen LogP contribution in [0.1, 0.15) is 17.1 Å². The number of pyridine rings is 1. The Balaban J connectivity index is 1.55. The van der Waals surface area contributed by atoms with E-state index in [1.54, 1.807) is 15.7 Å². The van der Waals surface area contributed by atoms with Crippen LogP contribution in [0.3, 0.4) is 0 Å². The van der Waals surface area contributed by atoms with Gasteiger partial charge in [0, 0.05) is 25.0 Å². The SMILES string of the molecule is Cc1ccc(-n2nc3n(c2=O)CCN(C(=O)Cc2ccccn2)C3)cc1. The predicted octanol–water partition coefficient (Wildman–Crippen LogP) is 1.32. The van der Waals surface area contributed by atoms with Gasteiger partial charge in [-0.15, -0.1) is 5.10 Å². The average Bonchev–Trinajstić information content (AvgIpc) is 2.99. The van der Waals surface area contributed by atoms with Crippen LogP contribution in [0.15, 0.2) is 53.5 Å². The summed E-state index contributed by atoms with van der Waals surface area (Å²) in [7, 11) is 0. The summed E-state index contributed by atoms with van der Waals surface area (Å²) in [5.41, 5.74) is 2.43. The Hall–Kier alpha value is -3.22. The number of amides is 1. The summed E-state index contributed by atoms with van der Waals surface area (Å²) in [6.45, 7) is 3.28. The number of hydrogen-bond donors (Lipinski definition) is 0. The Labute approximate surface area is 150 Å². The molecule has 3 aromatic rings. The molecule has 0 aliphatic carbocycles. The standard InChI is InChI=1S/C19H19N5O2/c1-14-5-7-16(8-6-14)24-19(26)23-11-10-22(13-17(23)21-24)18(25)12-15-4-2-3-9-20-15/h2-9H,10-13H2,1H3. The second-order valence-corrected chi connectivity index (χ2v) is 6.41. The zero-order valence-corrected chi connectivity index (χ0v) is 14.5. The highest BCUT2D eigenvalue weighted by Crippen LogP contribution is 2.13. The van der Waals surface area contributed by atoms with Crippen molar-refractivity contribution in [3.05, 3.63) is 76.2 Å². The van der Waals surface area contributed by atoms with Gasteiger partial charge in [-0.1, -0.05) is 23.8 Å². The molecule has 0 spiro atoms. The third-order valence-electron chi connectivity index (χ3n) is 4.55. The molecule has 0 saturated heterocycles. The average molecular weight is 349 g/mol. The minimum atomic E-state index is -0.166. The third-order valence-corrected chi connectivity index (χ3v) is 4.55. The smallest absolute Gasteiger partial charge is 0.333 e. The van der Waals surface area contributed by atoms with E-state index in [9.17, 15) is 9.59 Å². The number of aryl methyl sites for hydroxylation is 1. The largest absolute Gasteiger partial charge is 0.350 e. The molecule has 7 nitrogen and oxygen atoms in total. The van der Waals surface area contributed by atoms with Crippen molar-refractivity contribution in [2.45, 2.75) is 26.4 Å². The van der Waals surface area contributed by atoms with E-state index in [-0.39, 0.29) is 18.0 Å². The van der Waals surface area contributed by atoms with Crippen LogP contribution in [-0.4, -0.2) is 36.7 Å². The number of rotatable bonds is 3. The molecule has 1 aromatic carbocycles. The van der Waals surface area contributed by atoms with E-state index < -0.39 is 0 Å². The summed E-state index contributed by atoms with van der Waals surface area (Å²) < 4.78 is 3.05. The van der Waals surface area contributed by atoms with Crippen LogP contribution in [0, 0.1) is 6.92 Å². The molecule has 7 heteroatoms. The van der Waals surface area contributed by atoms with Gasteiger partial charge in [-0.25, -0.2) is 4.79 Å². The van der Waals surface area contributed by atoms with Crippen LogP contribution in [0.25, 0.3) is 5.69 Å². The number of fused-ring (bicyclic) bond motifs is 1. The fourth-order valence-electron chi connectivity index (χ4n) is 3.09. The van der Waals surface area contributed by atoms with E-state index in [1.807, 2.05) is 49.4 Å². The fourth-order valence-corrected chi connectivity index (χ4v) is 3.09. The Morgan fingerprint density at radius 2 is 1.92 bits per heavy atom. The zero-order valence-electron chi connectivity index (χ0n) is 14.5. The van der Waals surface area contributed by atoms with E-state index in [1.165, 1.54) is 4.68 Å². The van der Waals surface area contributed by atoms with Crippen molar-refractivity contribution in [3.63, 3.8) is 0 Å². The molecule has 0 unspecified atom stereocenters.